The molecule has 346 valence electrons. The van der Waals surface area contributed by atoms with Gasteiger partial charge in [0.1, 0.15) is 48.5 Å². The lowest BCUT2D eigenvalue weighted by molar-refractivity contribution is -0.0371. The van der Waals surface area contributed by atoms with Crippen molar-refractivity contribution in [2.24, 2.45) is 0 Å². The maximum absolute atomic E-state index is 18.0. The zero-order valence-corrected chi connectivity index (χ0v) is 39.9. The van der Waals surface area contributed by atoms with Gasteiger partial charge in [0.05, 0.1) is 29.2 Å². The summed E-state index contributed by atoms with van der Waals surface area (Å²) in [6, 6.07) is 5.69. The van der Waals surface area contributed by atoms with Crippen molar-refractivity contribution in [3.63, 3.8) is 0 Å². The van der Waals surface area contributed by atoms with E-state index in [1.165, 1.54) is 6.07 Å². The number of hydrogen-bond acceptors (Lipinski definition) is 9. The summed E-state index contributed by atoms with van der Waals surface area (Å²) in [4.78, 5) is 33.9. The van der Waals surface area contributed by atoms with E-state index in [1.54, 1.807) is 54.8 Å². The zero-order valence-electron chi connectivity index (χ0n) is 38.9. The number of nitrogens with zero attached hydrogens (tertiary/aromatic N) is 6. The zero-order chi connectivity index (χ0) is 46.5. The molecule has 5 aliphatic heterocycles. The monoisotopic (exact) mass is 912 g/mol. The van der Waals surface area contributed by atoms with Crippen LogP contribution in [0.25, 0.3) is 32.9 Å². The number of fused-ring (bicyclic) bond motifs is 7. The van der Waals surface area contributed by atoms with E-state index in [9.17, 15) is 4.79 Å². The van der Waals surface area contributed by atoms with E-state index in [2.05, 4.69) is 64.5 Å². The maximum atomic E-state index is 18.0. The van der Waals surface area contributed by atoms with Gasteiger partial charge in [-0.05, 0) is 87.5 Å². The largest absolute Gasteiger partial charge is 0.465 e. The van der Waals surface area contributed by atoms with Crippen LogP contribution in [-0.2, 0) is 4.74 Å². The number of amides is 1. The number of benzene rings is 2. The highest BCUT2D eigenvalue weighted by molar-refractivity contribution is 6.90. The SMILES string of the molecule is C=C1CCN2CCC[C@]12COc1nc2c3c(nc(-c4cccc5ccc(F)c(C#C[Si](C(C)C)(C(C)C)C(C)C)c45)c(F)c3n1)O[C@H](C(F)F)[C@@H]1[C@@H]3CC[C@H](CN21)N3C(=O)OC(C)(C)C. The van der Waals surface area contributed by atoms with Crippen LogP contribution in [0.1, 0.15) is 100.0 Å². The summed E-state index contributed by atoms with van der Waals surface area (Å²) in [5.41, 5.74) is 4.03. The van der Waals surface area contributed by atoms with Gasteiger partial charge in [0, 0.05) is 24.0 Å². The summed E-state index contributed by atoms with van der Waals surface area (Å²) >= 11 is 0. The molecule has 4 aromatic rings. The van der Waals surface area contributed by atoms with Crippen LogP contribution in [-0.4, -0.2) is 107 Å². The quantitative estimate of drug-likeness (QED) is 0.0741. The Bertz CT molecular complexity index is 2620. The number of rotatable bonds is 8. The Morgan fingerprint density at radius 2 is 1.74 bits per heavy atom. The molecule has 9 rings (SSSR count). The normalized spacial score (nSPS) is 24.2. The molecule has 0 radical (unpaired) electrons. The first-order chi connectivity index (χ1) is 30.8. The van der Waals surface area contributed by atoms with Crippen LogP contribution in [0.15, 0.2) is 42.5 Å². The molecule has 2 aromatic heterocycles. The van der Waals surface area contributed by atoms with Crippen molar-refractivity contribution < 1.29 is 36.6 Å². The van der Waals surface area contributed by atoms with Gasteiger partial charge in [0.25, 0.3) is 6.43 Å². The van der Waals surface area contributed by atoms with Crippen molar-refractivity contribution in [2.75, 3.05) is 31.1 Å². The third-order valence-electron chi connectivity index (χ3n) is 15.1. The second-order valence-corrected chi connectivity index (χ2v) is 26.2. The van der Waals surface area contributed by atoms with Gasteiger partial charge in [-0.15, -0.1) is 5.54 Å². The van der Waals surface area contributed by atoms with Gasteiger partial charge in [-0.2, -0.15) is 9.97 Å². The molecule has 10 nitrogen and oxygen atoms in total. The van der Waals surface area contributed by atoms with E-state index in [0.717, 1.165) is 37.9 Å². The van der Waals surface area contributed by atoms with Crippen LogP contribution in [0, 0.1) is 23.1 Å². The molecule has 7 heterocycles. The molecule has 0 aliphatic carbocycles. The van der Waals surface area contributed by atoms with Crippen molar-refractivity contribution >= 4 is 41.7 Å². The standard InChI is InChI=1S/C50H60F4N6O4Si/c1-27(2)65(28(3)4,29(5)6)24-20-33-35(51)17-15-31-13-11-14-34(37(31)33)40-39(52)41-38-45(57-47(56-41)62-26-50-21-12-22-58(50)23-19-30(50)7)59-25-32-16-18-36(60(32)48(61)64-49(8,9)10)42(59)43(44(53)54)63-46(38)55-40/h11,13-15,17,27-29,32,36,42-44H,7,12,16,18-19,21-23,25-26H2,1-6,8-10H3/t32-,36+,42+,43+,50+/m1/s1. The number of alkyl halides is 2. The van der Waals surface area contributed by atoms with Crippen LogP contribution in [0.5, 0.6) is 11.9 Å². The summed E-state index contributed by atoms with van der Waals surface area (Å²) in [5, 5.41) is 0.943. The van der Waals surface area contributed by atoms with Gasteiger partial charge >= 0.3 is 12.1 Å². The number of pyridine rings is 1. The second-order valence-electron chi connectivity index (χ2n) is 20.6. The Hall–Kier alpha value is -4.94. The van der Waals surface area contributed by atoms with Gasteiger partial charge in [-0.25, -0.2) is 27.3 Å². The van der Waals surface area contributed by atoms with Gasteiger partial charge in [0.15, 0.2) is 11.9 Å². The Morgan fingerprint density at radius 3 is 2.43 bits per heavy atom. The highest BCUT2D eigenvalue weighted by atomic mass is 28.3. The smallest absolute Gasteiger partial charge is 0.410 e. The highest BCUT2D eigenvalue weighted by Crippen LogP contribution is 2.49. The first-order valence-corrected chi connectivity index (χ1v) is 25.5. The molecule has 5 atom stereocenters. The molecule has 15 heteroatoms. The van der Waals surface area contributed by atoms with Crippen LogP contribution < -0.4 is 14.4 Å². The van der Waals surface area contributed by atoms with Gasteiger partial charge in [-0.3, -0.25) is 9.80 Å². The lowest BCUT2D eigenvalue weighted by atomic mass is 9.91. The highest BCUT2D eigenvalue weighted by Gasteiger charge is 2.57. The Morgan fingerprint density at radius 1 is 1.00 bits per heavy atom. The average Bonchev–Trinajstić information content (AvgIpc) is 3.87. The van der Waals surface area contributed by atoms with Crippen molar-refractivity contribution in [1.29, 1.82) is 0 Å². The van der Waals surface area contributed by atoms with Crippen molar-refractivity contribution in [2.45, 2.75) is 153 Å². The van der Waals surface area contributed by atoms with E-state index in [1.807, 2.05) is 0 Å². The number of carbonyl (C=O) groups excluding carboxylic acids is 1. The first kappa shape index (κ1) is 45.2. The van der Waals surface area contributed by atoms with Crippen molar-refractivity contribution in [1.82, 2.24) is 24.8 Å². The number of aromatic nitrogens is 3. The van der Waals surface area contributed by atoms with E-state index in [4.69, 9.17) is 29.2 Å². The molecule has 4 saturated heterocycles. The Labute approximate surface area is 380 Å². The minimum atomic E-state index is -3.06. The lowest BCUT2D eigenvalue weighted by Crippen LogP contribution is -2.67. The third kappa shape index (κ3) is 7.32. The van der Waals surface area contributed by atoms with Crippen LogP contribution >= 0.6 is 0 Å². The fourth-order valence-electron chi connectivity index (χ4n) is 12.1. The molecule has 1 amide bonds. The van der Waals surface area contributed by atoms with Crippen LogP contribution in [0.2, 0.25) is 16.6 Å². The van der Waals surface area contributed by atoms with Gasteiger partial charge in [-0.1, -0.05) is 83.9 Å². The number of anilines is 1. The minimum absolute atomic E-state index is 0.0100. The van der Waals surface area contributed by atoms with Gasteiger partial charge in [0.2, 0.25) is 5.88 Å². The molecule has 65 heavy (non-hydrogen) atoms. The molecular weight excluding hydrogens is 853 g/mol. The predicted octanol–water partition coefficient (Wildman–Crippen LogP) is 10.8. The molecule has 0 spiro atoms. The minimum Gasteiger partial charge on any atom is -0.465 e. The number of carbonyl (C=O) groups is 1. The summed E-state index contributed by atoms with van der Waals surface area (Å²) in [6.45, 7) is 24.7. The number of hydrogen-bond donors (Lipinski definition) is 0. The number of halogens is 4. The van der Waals surface area contributed by atoms with Gasteiger partial charge < -0.3 is 19.1 Å². The topological polar surface area (TPSA) is 93.2 Å². The third-order valence-corrected chi connectivity index (χ3v) is 21.3. The predicted molar refractivity (Wildman–Crippen MR) is 247 cm³/mol. The molecule has 5 aliphatic rings. The van der Waals surface area contributed by atoms with E-state index >= 15 is 17.6 Å². The lowest BCUT2D eigenvalue weighted by Gasteiger charge is -2.48. The molecule has 0 N–H and O–H groups in total. The fourth-order valence-corrected chi connectivity index (χ4v) is 17.3. The molecule has 4 fully saturated rings. The molecule has 0 saturated carbocycles. The number of piperazine rings is 1. The van der Waals surface area contributed by atoms with E-state index in [-0.39, 0.29) is 75.2 Å². The second kappa shape index (κ2) is 16.4. The number of ether oxygens (including phenoxy) is 3. The van der Waals surface area contributed by atoms with E-state index < -0.39 is 67.6 Å². The molecular formula is C50H60F4N6O4Si. The summed E-state index contributed by atoms with van der Waals surface area (Å²) in [7, 11) is -2.37. The van der Waals surface area contributed by atoms with E-state index in [0.29, 0.717) is 23.6 Å². The Kier molecular flexibility index (Phi) is 11.4. The molecule has 2 aromatic carbocycles. The summed E-state index contributed by atoms with van der Waals surface area (Å²) < 4.78 is 84.6. The Balaban J connectivity index is 1.26. The summed E-state index contributed by atoms with van der Waals surface area (Å²) in [5.74, 6) is 1.68. The average molecular weight is 913 g/mol. The first-order valence-electron chi connectivity index (χ1n) is 23.2. The summed E-state index contributed by atoms with van der Waals surface area (Å²) in [6.07, 6.45) is -1.95. The fraction of sp³-hybridized carbons (Fsp3) is 0.560. The maximum Gasteiger partial charge on any atom is 0.410 e. The van der Waals surface area contributed by atoms with Crippen molar-refractivity contribution in [3.8, 4) is 34.6 Å². The van der Waals surface area contributed by atoms with Crippen LogP contribution in [0.3, 0.4) is 0 Å². The molecule has 2 bridgehead atoms. The molecule has 0 unspecified atom stereocenters. The van der Waals surface area contributed by atoms with Crippen LogP contribution in [0.4, 0.5) is 28.2 Å². The van der Waals surface area contributed by atoms with Crippen molar-refractivity contribution in [3.05, 3.63) is 59.7 Å².